The predicted octanol–water partition coefficient (Wildman–Crippen LogP) is 1.53. The molecule has 0 saturated carbocycles. The zero-order valence-electron chi connectivity index (χ0n) is 8.57. The molecule has 0 aromatic carbocycles. The largest absolute Gasteiger partial charge is 0.328 e. The van der Waals surface area contributed by atoms with Crippen LogP contribution in [0, 0.1) is 6.92 Å². The molecule has 1 atom stereocenters. The number of imidazole rings is 1. The van der Waals surface area contributed by atoms with Gasteiger partial charge in [0.05, 0.1) is 0 Å². The van der Waals surface area contributed by atoms with Crippen LogP contribution in [-0.2, 0) is 6.42 Å². The molecule has 3 nitrogen and oxygen atoms in total. The lowest BCUT2D eigenvalue weighted by molar-refractivity contribution is 0.717. The molecule has 14 heavy (non-hydrogen) atoms. The van der Waals surface area contributed by atoms with Gasteiger partial charge >= 0.3 is 0 Å². The van der Waals surface area contributed by atoms with Crippen LogP contribution in [0.2, 0.25) is 0 Å². The van der Waals surface area contributed by atoms with Crippen molar-refractivity contribution in [3.8, 4) is 0 Å². The smallest absolute Gasteiger partial charge is 0.139 e. The summed E-state index contributed by atoms with van der Waals surface area (Å²) in [5.74, 6) is 0. The fraction of sp³-hybridized carbons (Fsp3) is 0.364. The van der Waals surface area contributed by atoms with E-state index in [4.69, 9.17) is 5.73 Å². The number of hydrogen-bond donors (Lipinski definition) is 1. The highest BCUT2D eigenvalue weighted by Crippen LogP contribution is 2.11. The number of nitrogens with zero attached hydrogens (tertiary/aromatic N) is 2. The van der Waals surface area contributed by atoms with Gasteiger partial charge in [0.1, 0.15) is 5.65 Å². The first-order valence-corrected chi connectivity index (χ1v) is 4.85. The maximum Gasteiger partial charge on any atom is 0.139 e. The summed E-state index contributed by atoms with van der Waals surface area (Å²) in [5, 5.41) is 0. The molecule has 2 aromatic rings. The third-order valence-electron chi connectivity index (χ3n) is 2.34. The van der Waals surface area contributed by atoms with Gasteiger partial charge in [0.15, 0.2) is 0 Å². The van der Waals surface area contributed by atoms with Crippen LogP contribution in [0.1, 0.15) is 18.2 Å². The monoisotopic (exact) mass is 189 g/mol. The Hall–Kier alpha value is -1.35. The number of hydrogen-bond acceptors (Lipinski definition) is 2. The van der Waals surface area contributed by atoms with Crippen LogP contribution >= 0.6 is 0 Å². The van der Waals surface area contributed by atoms with Crippen molar-refractivity contribution in [3.63, 3.8) is 0 Å². The van der Waals surface area contributed by atoms with Crippen molar-refractivity contribution in [2.45, 2.75) is 26.3 Å². The number of aromatic nitrogens is 2. The normalized spacial score (nSPS) is 13.4. The van der Waals surface area contributed by atoms with Crippen molar-refractivity contribution in [3.05, 3.63) is 35.8 Å². The van der Waals surface area contributed by atoms with Crippen LogP contribution < -0.4 is 5.73 Å². The molecule has 0 bridgehead atoms. The molecule has 2 aromatic heterocycles. The lowest BCUT2D eigenvalue weighted by Gasteiger charge is -2.05. The van der Waals surface area contributed by atoms with E-state index in [9.17, 15) is 0 Å². The lowest BCUT2D eigenvalue weighted by Crippen LogP contribution is -2.18. The Kier molecular flexibility index (Phi) is 2.25. The van der Waals surface area contributed by atoms with Gasteiger partial charge in [-0.2, -0.15) is 0 Å². The zero-order valence-corrected chi connectivity index (χ0v) is 8.57. The molecule has 0 spiro atoms. The van der Waals surface area contributed by atoms with E-state index in [-0.39, 0.29) is 6.04 Å². The van der Waals surface area contributed by atoms with Crippen LogP contribution in [-0.4, -0.2) is 15.4 Å². The van der Waals surface area contributed by atoms with E-state index in [0.717, 1.165) is 12.1 Å². The lowest BCUT2D eigenvalue weighted by atomic mass is 10.2. The second-order valence-electron chi connectivity index (χ2n) is 3.82. The van der Waals surface area contributed by atoms with Gasteiger partial charge in [0.2, 0.25) is 0 Å². The van der Waals surface area contributed by atoms with E-state index < -0.39 is 0 Å². The van der Waals surface area contributed by atoms with Gasteiger partial charge < -0.3 is 10.1 Å². The summed E-state index contributed by atoms with van der Waals surface area (Å²) in [6.07, 6.45) is 4.81. The van der Waals surface area contributed by atoms with E-state index in [1.807, 2.05) is 25.4 Å². The second-order valence-corrected chi connectivity index (χ2v) is 3.82. The summed E-state index contributed by atoms with van der Waals surface area (Å²) < 4.78 is 2.11. The van der Waals surface area contributed by atoms with Gasteiger partial charge in [0.25, 0.3) is 0 Å². The average molecular weight is 189 g/mol. The fourth-order valence-electron chi connectivity index (χ4n) is 1.68. The summed E-state index contributed by atoms with van der Waals surface area (Å²) in [6, 6.07) is 4.28. The molecular weight excluding hydrogens is 174 g/mol. The number of rotatable bonds is 2. The number of aryl methyl sites for hydroxylation is 1. The Morgan fingerprint density at radius 3 is 3.07 bits per heavy atom. The van der Waals surface area contributed by atoms with Crippen LogP contribution in [0.15, 0.2) is 24.5 Å². The Morgan fingerprint density at radius 1 is 1.57 bits per heavy atom. The highest BCUT2D eigenvalue weighted by molar-refractivity contribution is 5.48. The molecule has 1 unspecified atom stereocenters. The molecule has 0 fully saturated rings. The summed E-state index contributed by atoms with van der Waals surface area (Å²) in [4.78, 5) is 4.38. The van der Waals surface area contributed by atoms with E-state index in [0.29, 0.717) is 0 Å². The zero-order chi connectivity index (χ0) is 10.1. The van der Waals surface area contributed by atoms with Crippen LogP contribution in [0.5, 0.6) is 0 Å². The fourth-order valence-corrected chi connectivity index (χ4v) is 1.68. The molecule has 0 aliphatic heterocycles. The summed E-state index contributed by atoms with van der Waals surface area (Å²) in [6.45, 7) is 4.08. The maximum atomic E-state index is 5.77. The molecular formula is C11H15N3. The minimum atomic E-state index is 0.176. The molecule has 2 heterocycles. The molecule has 74 valence electrons. The molecule has 3 heteroatoms. The Labute approximate surface area is 83.6 Å². The van der Waals surface area contributed by atoms with Crippen molar-refractivity contribution in [2.24, 2.45) is 5.73 Å². The Bertz CT molecular complexity index is 443. The van der Waals surface area contributed by atoms with Crippen molar-refractivity contribution in [1.29, 1.82) is 0 Å². The van der Waals surface area contributed by atoms with Crippen molar-refractivity contribution in [2.75, 3.05) is 0 Å². The Morgan fingerprint density at radius 2 is 2.36 bits per heavy atom. The van der Waals surface area contributed by atoms with E-state index >= 15 is 0 Å². The standard InChI is InChI=1S/C11H15N3/c1-8-4-3-5-14-10(6-9(2)12)7-13-11(8)14/h3-5,7,9H,6,12H2,1-2H3. The number of fused-ring (bicyclic) bond motifs is 1. The molecule has 0 amide bonds. The molecule has 0 saturated heterocycles. The average Bonchev–Trinajstić information content (AvgIpc) is 2.49. The van der Waals surface area contributed by atoms with Crippen molar-refractivity contribution >= 4 is 5.65 Å². The third-order valence-corrected chi connectivity index (χ3v) is 2.34. The first kappa shape index (κ1) is 9.21. The minimum absolute atomic E-state index is 0.176. The quantitative estimate of drug-likeness (QED) is 0.778. The van der Waals surface area contributed by atoms with E-state index in [2.05, 4.69) is 22.4 Å². The molecule has 0 aliphatic rings. The highest BCUT2D eigenvalue weighted by Gasteiger charge is 2.06. The van der Waals surface area contributed by atoms with Crippen LogP contribution in [0.3, 0.4) is 0 Å². The van der Waals surface area contributed by atoms with Crippen molar-refractivity contribution < 1.29 is 0 Å². The first-order valence-electron chi connectivity index (χ1n) is 4.85. The summed E-state index contributed by atoms with van der Waals surface area (Å²) in [5.41, 5.74) is 9.18. The second kappa shape index (κ2) is 3.42. The third kappa shape index (κ3) is 1.51. The minimum Gasteiger partial charge on any atom is -0.328 e. The van der Waals surface area contributed by atoms with Gasteiger partial charge in [0, 0.05) is 30.6 Å². The van der Waals surface area contributed by atoms with Gasteiger partial charge in [-0.25, -0.2) is 4.98 Å². The Balaban J connectivity index is 2.52. The highest BCUT2D eigenvalue weighted by atomic mass is 15.0. The summed E-state index contributed by atoms with van der Waals surface area (Å²) >= 11 is 0. The number of nitrogens with two attached hydrogens (primary N) is 1. The van der Waals surface area contributed by atoms with Crippen LogP contribution in [0.25, 0.3) is 5.65 Å². The number of pyridine rings is 1. The van der Waals surface area contributed by atoms with Gasteiger partial charge in [-0.15, -0.1) is 0 Å². The first-order chi connectivity index (χ1) is 6.68. The van der Waals surface area contributed by atoms with Gasteiger partial charge in [-0.3, -0.25) is 0 Å². The molecule has 0 aliphatic carbocycles. The molecule has 2 N–H and O–H groups in total. The van der Waals surface area contributed by atoms with E-state index in [1.54, 1.807) is 0 Å². The summed E-state index contributed by atoms with van der Waals surface area (Å²) in [7, 11) is 0. The van der Waals surface area contributed by atoms with Gasteiger partial charge in [-0.05, 0) is 25.5 Å². The predicted molar refractivity (Wildman–Crippen MR) is 57.3 cm³/mol. The van der Waals surface area contributed by atoms with Gasteiger partial charge in [-0.1, -0.05) is 6.07 Å². The topological polar surface area (TPSA) is 43.3 Å². The SMILES string of the molecule is Cc1cccn2c(CC(C)N)cnc12. The van der Waals surface area contributed by atoms with Crippen LogP contribution in [0.4, 0.5) is 0 Å². The molecule has 0 radical (unpaired) electrons. The maximum absolute atomic E-state index is 5.77. The van der Waals surface area contributed by atoms with Crippen molar-refractivity contribution in [1.82, 2.24) is 9.38 Å². The van der Waals surface area contributed by atoms with E-state index in [1.165, 1.54) is 11.3 Å². The molecule has 2 rings (SSSR count).